The molecule has 2 rings (SSSR count). The van der Waals surface area contributed by atoms with E-state index < -0.39 is 11.4 Å². The van der Waals surface area contributed by atoms with Gasteiger partial charge in [0.05, 0.1) is 32.5 Å². The van der Waals surface area contributed by atoms with Crippen LogP contribution in [0.4, 0.5) is 0 Å². The molecule has 0 fully saturated rings. The minimum atomic E-state index is -1.99. The summed E-state index contributed by atoms with van der Waals surface area (Å²) in [6.45, 7) is 13.0. The van der Waals surface area contributed by atoms with Crippen LogP contribution in [0.1, 0.15) is 60.5 Å². The Hall–Kier alpha value is -2.41. The van der Waals surface area contributed by atoms with Gasteiger partial charge in [0, 0.05) is 11.1 Å². The number of ketones is 1. The fourth-order valence-corrected chi connectivity index (χ4v) is 3.45. The average Bonchev–Trinajstić information content (AvgIpc) is 2.67. The van der Waals surface area contributed by atoms with Crippen LogP contribution in [0.5, 0.6) is 23.0 Å². The molecule has 0 aliphatic heterocycles. The van der Waals surface area contributed by atoms with Gasteiger partial charge in [-0.05, 0) is 54.0 Å². The number of ether oxygens (including phenoxy) is 5. The van der Waals surface area contributed by atoms with E-state index in [-0.39, 0.29) is 41.1 Å². The molecule has 30 heavy (non-hydrogen) atoms. The molecule has 1 N–H and O–H groups in total. The summed E-state index contributed by atoms with van der Waals surface area (Å²) in [5.74, 6) is 0.961. The molecule has 0 spiro atoms. The molecule has 1 unspecified atom stereocenters. The van der Waals surface area contributed by atoms with E-state index in [1.165, 1.54) is 14.2 Å². The summed E-state index contributed by atoms with van der Waals surface area (Å²) < 4.78 is 29.0. The standard InChI is InChI=1S/C23H34O7/c1-10-15-21(24)23(25,22(15)30-14(6)7)16-11-17(26-8)19(28-12(2)3)20(18(16)27-9)29-13(4)5/h11-14,25H,10H2,1-9H3. The van der Waals surface area contributed by atoms with Crippen molar-refractivity contribution in [3.8, 4) is 23.0 Å². The molecule has 0 saturated carbocycles. The minimum absolute atomic E-state index is 0.163. The molecule has 1 aliphatic rings. The van der Waals surface area contributed by atoms with Crippen molar-refractivity contribution in [2.45, 2.75) is 78.8 Å². The fraction of sp³-hybridized carbons (Fsp3) is 0.609. The molecule has 0 amide bonds. The van der Waals surface area contributed by atoms with Gasteiger partial charge >= 0.3 is 0 Å². The van der Waals surface area contributed by atoms with E-state index in [2.05, 4.69) is 0 Å². The molecule has 0 radical (unpaired) electrons. The SMILES string of the molecule is CCC1=C(OC(C)C)C(O)(c2cc(OC)c(OC(C)C)c(OC(C)C)c2OC)C1=O. The highest BCUT2D eigenvalue weighted by molar-refractivity contribution is 6.12. The Morgan fingerprint density at radius 2 is 1.40 bits per heavy atom. The van der Waals surface area contributed by atoms with Gasteiger partial charge in [-0.3, -0.25) is 4.79 Å². The van der Waals surface area contributed by atoms with Gasteiger partial charge in [0.15, 0.2) is 11.5 Å². The molecule has 0 heterocycles. The van der Waals surface area contributed by atoms with Gasteiger partial charge in [0.1, 0.15) is 5.76 Å². The molecule has 1 aliphatic carbocycles. The Balaban J connectivity index is 2.82. The summed E-state index contributed by atoms with van der Waals surface area (Å²) in [4.78, 5) is 13.0. The van der Waals surface area contributed by atoms with E-state index in [9.17, 15) is 9.90 Å². The van der Waals surface area contributed by atoms with Crippen LogP contribution in [0.25, 0.3) is 0 Å². The Kier molecular flexibility index (Phi) is 7.29. The summed E-state index contributed by atoms with van der Waals surface area (Å²) in [5, 5.41) is 11.6. The number of methoxy groups -OCH3 is 2. The van der Waals surface area contributed by atoms with E-state index in [1.54, 1.807) is 6.07 Å². The van der Waals surface area contributed by atoms with Crippen molar-refractivity contribution in [1.29, 1.82) is 0 Å². The quantitative estimate of drug-likeness (QED) is 0.607. The minimum Gasteiger partial charge on any atom is -0.493 e. The van der Waals surface area contributed by atoms with Crippen LogP contribution >= 0.6 is 0 Å². The monoisotopic (exact) mass is 422 g/mol. The predicted molar refractivity (Wildman–Crippen MR) is 114 cm³/mol. The van der Waals surface area contributed by atoms with Crippen LogP contribution < -0.4 is 18.9 Å². The number of aliphatic hydroxyl groups is 1. The van der Waals surface area contributed by atoms with Gasteiger partial charge in [-0.2, -0.15) is 0 Å². The normalized spacial score (nSPS) is 18.8. The Labute approximate surface area is 178 Å². The highest BCUT2D eigenvalue weighted by atomic mass is 16.6. The highest BCUT2D eigenvalue weighted by Gasteiger charge is 2.57. The predicted octanol–water partition coefficient (Wildman–Crippen LogP) is 4.14. The zero-order chi connectivity index (χ0) is 22.8. The third kappa shape index (κ3) is 4.08. The third-order valence-electron chi connectivity index (χ3n) is 4.59. The molecule has 1 atom stereocenters. The van der Waals surface area contributed by atoms with Crippen molar-refractivity contribution in [1.82, 2.24) is 0 Å². The Morgan fingerprint density at radius 3 is 1.83 bits per heavy atom. The summed E-state index contributed by atoms with van der Waals surface area (Å²) >= 11 is 0. The molecular weight excluding hydrogens is 388 g/mol. The van der Waals surface area contributed by atoms with Crippen molar-refractivity contribution in [2.75, 3.05) is 14.2 Å². The molecule has 0 saturated heterocycles. The van der Waals surface area contributed by atoms with Crippen molar-refractivity contribution >= 4 is 5.78 Å². The first-order valence-corrected chi connectivity index (χ1v) is 10.3. The van der Waals surface area contributed by atoms with Crippen molar-refractivity contribution in [2.24, 2.45) is 0 Å². The van der Waals surface area contributed by atoms with Gasteiger partial charge in [0.25, 0.3) is 0 Å². The third-order valence-corrected chi connectivity index (χ3v) is 4.59. The van der Waals surface area contributed by atoms with Crippen molar-refractivity contribution in [3.63, 3.8) is 0 Å². The second-order valence-electron chi connectivity index (χ2n) is 8.02. The molecule has 0 bridgehead atoms. The topological polar surface area (TPSA) is 83.5 Å². The molecule has 168 valence electrons. The maximum absolute atomic E-state index is 13.0. The van der Waals surface area contributed by atoms with Crippen LogP contribution in [0.2, 0.25) is 0 Å². The van der Waals surface area contributed by atoms with Crippen molar-refractivity contribution in [3.05, 3.63) is 23.0 Å². The van der Waals surface area contributed by atoms with Gasteiger partial charge < -0.3 is 28.8 Å². The first kappa shape index (κ1) is 23.9. The number of benzene rings is 1. The lowest BCUT2D eigenvalue weighted by molar-refractivity contribution is -0.143. The van der Waals surface area contributed by atoms with E-state index in [1.807, 2.05) is 48.5 Å². The lowest BCUT2D eigenvalue weighted by atomic mass is 9.71. The maximum atomic E-state index is 13.0. The Morgan fingerprint density at radius 1 is 0.867 bits per heavy atom. The fourth-order valence-electron chi connectivity index (χ4n) is 3.45. The van der Waals surface area contributed by atoms with E-state index in [0.29, 0.717) is 23.5 Å². The van der Waals surface area contributed by atoms with Crippen LogP contribution in [0.15, 0.2) is 17.4 Å². The number of hydrogen-bond donors (Lipinski definition) is 1. The summed E-state index contributed by atoms with van der Waals surface area (Å²) in [7, 11) is 2.95. The number of hydrogen-bond acceptors (Lipinski definition) is 7. The largest absolute Gasteiger partial charge is 0.493 e. The first-order valence-electron chi connectivity index (χ1n) is 10.3. The van der Waals surface area contributed by atoms with Crippen molar-refractivity contribution < 1.29 is 33.6 Å². The number of Topliss-reactive ketones (excluding diaryl/α,β-unsaturated/α-hetero) is 1. The lowest BCUT2D eigenvalue weighted by Crippen LogP contribution is -2.50. The number of rotatable bonds is 10. The molecule has 7 heteroatoms. The van der Waals surface area contributed by atoms with Gasteiger partial charge in [0.2, 0.25) is 22.9 Å². The summed E-state index contributed by atoms with van der Waals surface area (Å²) in [5.41, 5.74) is -1.33. The van der Waals surface area contributed by atoms with Gasteiger partial charge in [-0.1, -0.05) is 6.92 Å². The first-order chi connectivity index (χ1) is 14.0. The lowest BCUT2D eigenvalue weighted by Gasteiger charge is -2.41. The molecule has 1 aromatic carbocycles. The second kappa shape index (κ2) is 9.16. The van der Waals surface area contributed by atoms with E-state index >= 15 is 0 Å². The molecule has 1 aromatic rings. The smallest absolute Gasteiger partial charge is 0.214 e. The Bertz CT molecular complexity index is 823. The van der Waals surface area contributed by atoms with Crippen LogP contribution in [0.3, 0.4) is 0 Å². The van der Waals surface area contributed by atoms with Crippen LogP contribution in [0, 0.1) is 0 Å². The molecule has 0 aromatic heterocycles. The number of carbonyl (C=O) groups excluding carboxylic acids is 1. The number of carbonyl (C=O) groups is 1. The molecular formula is C23H34O7. The van der Waals surface area contributed by atoms with Gasteiger partial charge in [-0.15, -0.1) is 0 Å². The zero-order valence-electron chi connectivity index (χ0n) is 19.4. The molecule has 7 nitrogen and oxygen atoms in total. The van der Waals surface area contributed by atoms with Gasteiger partial charge in [-0.25, -0.2) is 0 Å². The summed E-state index contributed by atoms with van der Waals surface area (Å²) in [6.07, 6.45) is -0.145. The highest BCUT2D eigenvalue weighted by Crippen LogP contribution is 2.55. The zero-order valence-corrected chi connectivity index (χ0v) is 19.4. The van der Waals surface area contributed by atoms with Crippen LogP contribution in [-0.2, 0) is 15.1 Å². The van der Waals surface area contributed by atoms with Crippen LogP contribution in [-0.4, -0.2) is 43.4 Å². The summed E-state index contributed by atoms with van der Waals surface area (Å²) in [6, 6.07) is 1.55. The average molecular weight is 423 g/mol. The van der Waals surface area contributed by atoms with E-state index in [0.717, 1.165) is 0 Å². The maximum Gasteiger partial charge on any atom is 0.214 e. The second-order valence-corrected chi connectivity index (χ2v) is 8.02. The van der Waals surface area contributed by atoms with E-state index in [4.69, 9.17) is 23.7 Å².